The number of hydrogen-bond donors (Lipinski definition) is 0. The number of hydrogen-bond acceptors (Lipinski definition) is 4. The quantitative estimate of drug-likeness (QED) is 0.522. The van der Waals surface area contributed by atoms with Crippen LogP contribution >= 0.6 is 11.3 Å². The molecule has 4 heteroatoms. The van der Waals surface area contributed by atoms with Crippen LogP contribution < -0.4 is 0 Å². The number of aromatic nitrogens is 3. The summed E-state index contributed by atoms with van der Waals surface area (Å²) >= 11 is 1.66. The Kier molecular flexibility index (Phi) is 2.28. The lowest BCUT2D eigenvalue weighted by Gasteiger charge is -2.04. The van der Waals surface area contributed by atoms with Crippen molar-refractivity contribution in [3.05, 3.63) is 54.3 Å². The Bertz CT molecular complexity index is 882. The maximum atomic E-state index is 4.46. The first-order valence-electron chi connectivity index (χ1n) is 5.95. The Labute approximate surface area is 113 Å². The Morgan fingerprint density at radius 3 is 2.68 bits per heavy atom. The number of rotatable bonds is 1. The van der Waals surface area contributed by atoms with Crippen molar-refractivity contribution in [1.82, 2.24) is 15.0 Å². The minimum atomic E-state index is 0.909. The summed E-state index contributed by atoms with van der Waals surface area (Å²) in [5.74, 6) is 0. The lowest BCUT2D eigenvalue weighted by atomic mass is 10.0. The zero-order chi connectivity index (χ0) is 12.7. The monoisotopic (exact) mass is 263 g/mol. The van der Waals surface area contributed by atoms with E-state index < -0.39 is 0 Å². The SMILES string of the molecule is c1cc(-c2ccc3nccnc3c2)c2ncsc2c1. The maximum Gasteiger partial charge on any atom is 0.0892 e. The number of para-hydroxylation sites is 1. The molecule has 0 saturated carbocycles. The fourth-order valence-corrected chi connectivity index (χ4v) is 2.95. The molecule has 0 N–H and O–H groups in total. The van der Waals surface area contributed by atoms with Gasteiger partial charge in [0.2, 0.25) is 0 Å². The van der Waals surface area contributed by atoms with Crippen LogP contribution in [0.25, 0.3) is 32.4 Å². The van der Waals surface area contributed by atoms with Gasteiger partial charge < -0.3 is 0 Å². The van der Waals surface area contributed by atoms with Crippen LogP contribution in [-0.2, 0) is 0 Å². The van der Waals surface area contributed by atoms with Gasteiger partial charge in [0.05, 0.1) is 26.8 Å². The van der Waals surface area contributed by atoms with Gasteiger partial charge in [-0.05, 0) is 23.8 Å². The largest absolute Gasteiger partial charge is 0.253 e. The van der Waals surface area contributed by atoms with Crippen LogP contribution in [0.15, 0.2) is 54.3 Å². The smallest absolute Gasteiger partial charge is 0.0892 e. The molecule has 90 valence electrons. The number of benzene rings is 2. The first kappa shape index (κ1) is 10.6. The van der Waals surface area contributed by atoms with Crippen LogP contribution in [0.4, 0.5) is 0 Å². The van der Waals surface area contributed by atoms with Crippen molar-refractivity contribution >= 4 is 32.6 Å². The van der Waals surface area contributed by atoms with Gasteiger partial charge in [-0.15, -0.1) is 11.3 Å². The molecule has 0 bridgehead atoms. The highest BCUT2D eigenvalue weighted by atomic mass is 32.1. The van der Waals surface area contributed by atoms with Crippen molar-refractivity contribution in [2.75, 3.05) is 0 Å². The van der Waals surface area contributed by atoms with Crippen molar-refractivity contribution in [1.29, 1.82) is 0 Å². The second-order valence-electron chi connectivity index (χ2n) is 4.26. The van der Waals surface area contributed by atoms with Gasteiger partial charge in [-0.2, -0.15) is 0 Å². The van der Waals surface area contributed by atoms with Gasteiger partial charge in [0, 0.05) is 18.0 Å². The fourth-order valence-electron chi connectivity index (χ4n) is 2.25. The molecule has 0 spiro atoms. The van der Waals surface area contributed by atoms with Gasteiger partial charge in [-0.3, -0.25) is 9.97 Å². The molecule has 0 atom stereocenters. The third kappa shape index (κ3) is 1.69. The Morgan fingerprint density at radius 2 is 1.74 bits per heavy atom. The summed E-state index contributed by atoms with van der Waals surface area (Å²) in [6.45, 7) is 0. The molecule has 4 aromatic rings. The summed E-state index contributed by atoms with van der Waals surface area (Å²) in [6, 6.07) is 12.4. The van der Waals surface area contributed by atoms with Crippen molar-refractivity contribution < 1.29 is 0 Å². The predicted molar refractivity (Wildman–Crippen MR) is 78.2 cm³/mol. The summed E-state index contributed by atoms with van der Waals surface area (Å²) < 4.78 is 1.21. The van der Waals surface area contributed by atoms with Gasteiger partial charge in [-0.25, -0.2) is 4.98 Å². The topological polar surface area (TPSA) is 38.7 Å². The standard InChI is InChI=1S/C15H9N3S/c1-2-11(15-14(3-1)19-9-18-15)10-4-5-12-13(8-10)17-7-6-16-12/h1-9H. The van der Waals surface area contributed by atoms with Gasteiger partial charge in [0.15, 0.2) is 0 Å². The van der Waals surface area contributed by atoms with E-state index in [1.54, 1.807) is 23.7 Å². The second kappa shape index (κ2) is 4.10. The van der Waals surface area contributed by atoms with E-state index in [9.17, 15) is 0 Å². The molecule has 0 radical (unpaired) electrons. The minimum Gasteiger partial charge on any atom is -0.253 e. The molecule has 2 aromatic carbocycles. The molecule has 3 nitrogen and oxygen atoms in total. The molecule has 19 heavy (non-hydrogen) atoms. The molecular weight excluding hydrogens is 254 g/mol. The summed E-state index contributed by atoms with van der Waals surface area (Å²) in [4.78, 5) is 13.1. The molecule has 0 fully saturated rings. The molecule has 4 rings (SSSR count). The normalized spacial score (nSPS) is 11.2. The second-order valence-corrected chi connectivity index (χ2v) is 5.15. The molecular formula is C15H9N3S. The van der Waals surface area contributed by atoms with Crippen LogP contribution in [0.2, 0.25) is 0 Å². The number of thiazole rings is 1. The van der Waals surface area contributed by atoms with E-state index in [2.05, 4.69) is 45.3 Å². The molecule has 0 aliphatic carbocycles. The lowest BCUT2D eigenvalue weighted by molar-refractivity contribution is 1.29. The summed E-state index contributed by atoms with van der Waals surface area (Å²) in [7, 11) is 0. The fraction of sp³-hybridized carbons (Fsp3) is 0. The zero-order valence-corrected chi connectivity index (χ0v) is 10.8. The van der Waals surface area contributed by atoms with Crippen LogP contribution in [0.1, 0.15) is 0 Å². The van der Waals surface area contributed by atoms with Crippen molar-refractivity contribution in [3.8, 4) is 11.1 Å². The maximum absolute atomic E-state index is 4.46. The van der Waals surface area contributed by atoms with Crippen LogP contribution in [0.3, 0.4) is 0 Å². The average molecular weight is 263 g/mol. The van der Waals surface area contributed by atoms with E-state index in [-0.39, 0.29) is 0 Å². The average Bonchev–Trinajstić information content (AvgIpc) is 2.95. The molecule has 0 aliphatic heterocycles. The minimum absolute atomic E-state index is 0.909. The van der Waals surface area contributed by atoms with Crippen molar-refractivity contribution in [2.24, 2.45) is 0 Å². The lowest BCUT2D eigenvalue weighted by Crippen LogP contribution is -1.85. The molecule has 2 aromatic heterocycles. The molecule has 0 amide bonds. The number of fused-ring (bicyclic) bond motifs is 2. The van der Waals surface area contributed by atoms with Crippen molar-refractivity contribution in [2.45, 2.75) is 0 Å². The summed E-state index contributed by atoms with van der Waals surface area (Å²) in [6.07, 6.45) is 3.43. The van der Waals surface area contributed by atoms with E-state index in [4.69, 9.17) is 0 Å². The first-order chi connectivity index (χ1) is 9.42. The molecule has 0 aliphatic rings. The van der Waals surface area contributed by atoms with E-state index >= 15 is 0 Å². The first-order valence-corrected chi connectivity index (χ1v) is 6.83. The van der Waals surface area contributed by atoms with Crippen molar-refractivity contribution in [3.63, 3.8) is 0 Å². The van der Waals surface area contributed by atoms with Crippen LogP contribution in [0, 0.1) is 0 Å². The molecule has 0 saturated heterocycles. The molecule has 2 heterocycles. The van der Waals surface area contributed by atoms with E-state index in [1.807, 2.05) is 11.6 Å². The van der Waals surface area contributed by atoms with Gasteiger partial charge in [0.25, 0.3) is 0 Å². The van der Waals surface area contributed by atoms with Gasteiger partial charge in [-0.1, -0.05) is 18.2 Å². The van der Waals surface area contributed by atoms with Gasteiger partial charge in [0.1, 0.15) is 0 Å². The summed E-state index contributed by atoms with van der Waals surface area (Å²) in [5, 5.41) is 0. The highest BCUT2D eigenvalue weighted by molar-refractivity contribution is 7.16. The Balaban J connectivity index is 2.01. The summed E-state index contributed by atoms with van der Waals surface area (Å²) in [5.41, 5.74) is 7.03. The Hall–Kier alpha value is -2.33. The third-order valence-electron chi connectivity index (χ3n) is 3.14. The Morgan fingerprint density at radius 1 is 0.842 bits per heavy atom. The third-order valence-corrected chi connectivity index (χ3v) is 3.93. The van der Waals surface area contributed by atoms with Crippen LogP contribution in [0.5, 0.6) is 0 Å². The highest BCUT2D eigenvalue weighted by Gasteiger charge is 2.07. The van der Waals surface area contributed by atoms with Gasteiger partial charge >= 0.3 is 0 Å². The zero-order valence-electron chi connectivity index (χ0n) is 9.95. The van der Waals surface area contributed by atoms with E-state index in [0.717, 1.165) is 27.7 Å². The number of nitrogens with zero attached hydrogens (tertiary/aromatic N) is 3. The van der Waals surface area contributed by atoms with E-state index in [0.29, 0.717) is 0 Å². The highest BCUT2D eigenvalue weighted by Crippen LogP contribution is 2.30. The molecule has 0 unspecified atom stereocenters. The predicted octanol–water partition coefficient (Wildman–Crippen LogP) is 3.91. The van der Waals surface area contributed by atoms with Crippen LogP contribution in [-0.4, -0.2) is 15.0 Å². The van der Waals surface area contributed by atoms with E-state index in [1.165, 1.54) is 4.70 Å².